The number of halogens is 1. The number of nitro benzene ring substituents is 1. The van der Waals surface area contributed by atoms with Crippen LogP contribution in [0.3, 0.4) is 0 Å². The highest BCUT2D eigenvalue weighted by atomic mass is 35.5. The minimum atomic E-state index is -3.85. The number of hydrogen-bond acceptors (Lipinski definition) is 9. The number of carbonyl (C=O) groups is 1. The van der Waals surface area contributed by atoms with Gasteiger partial charge in [-0.15, -0.1) is 0 Å². The van der Waals surface area contributed by atoms with E-state index in [0.29, 0.717) is 11.3 Å². The second-order valence-electron chi connectivity index (χ2n) is 7.20. The van der Waals surface area contributed by atoms with Gasteiger partial charge in [0.05, 0.1) is 40.2 Å². The van der Waals surface area contributed by atoms with Gasteiger partial charge in [-0.3, -0.25) is 10.1 Å². The van der Waals surface area contributed by atoms with Gasteiger partial charge in [-0.1, -0.05) is 11.6 Å². The normalized spacial score (nSPS) is 16.5. The fourth-order valence-electron chi connectivity index (χ4n) is 3.47. The molecule has 0 spiro atoms. The molecule has 0 amide bonds. The molecule has 4 rings (SSSR count). The van der Waals surface area contributed by atoms with Crippen LogP contribution < -0.4 is 4.74 Å². The molecular weight excluding hydrogens is 480 g/mol. The number of esters is 1. The summed E-state index contributed by atoms with van der Waals surface area (Å²) in [6.45, 7) is 0.688. The van der Waals surface area contributed by atoms with Gasteiger partial charge in [-0.05, 0) is 18.2 Å². The van der Waals surface area contributed by atoms with Crippen LogP contribution in [0.15, 0.2) is 35.2 Å². The summed E-state index contributed by atoms with van der Waals surface area (Å²) in [6, 6.07) is 6.35. The molecule has 2 aromatic rings. The van der Waals surface area contributed by atoms with E-state index in [-0.39, 0.29) is 73.0 Å². The maximum atomic E-state index is 12.9. The van der Waals surface area contributed by atoms with Crippen molar-refractivity contribution in [3.63, 3.8) is 0 Å². The molecule has 2 aliphatic heterocycles. The summed E-state index contributed by atoms with van der Waals surface area (Å²) in [4.78, 5) is 23.3. The van der Waals surface area contributed by atoms with E-state index in [2.05, 4.69) is 0 Å². The maximum absolute atomic E-state index is 12.9. The van der Waals surface area contributed by atoms with Gasteiger partial charge in [0.25, 0.3) is 5.69 Å². The Hall–Kier alpha value is -2.77. The zero-order chi connectivity index (χ0) is 23.6. The highest BCUT2D eigenvalue weighted by Crippen LogP contribution is 2.33. The lowest BCUT2D eigenvalue weighted by atomic mass is 10.1. The number of carbonyl (C=O) groups excluding carboxylic acids is 1. The minimum Gasteiger partial charge on any atom is -0.467 e. The van der Waals surface area contributed by atoms with E-state index in [9.17, 15) is 23.3 Å². The van der Waals surface area contributed by atoms with E-state index in [4.69, 9.17) is 30.5 Å². The first-order valence-electron chi connectivity index (χ1n) is 9.82. The quantitative estimate of drug-likeness (QED) is 0.334. The number of sulfonamides is 1. The monoisotopic (exact) mass is 498 g/mol. The van der Waals surface area contributed by atoms with Crippen molar-refractivity contribution in [3.05, 3.63) is 62.2 Å². The fraction of sp³-hybridized carbons (Fsp3) is 0.350. The topological polar surface area (TPSA) is 135 Å². The number of nitro groups is 1. The first-order valence-corrected chi connectivity index (χ1v) is 11.6. The summed E-state index contributed by atoms with van der Waals surface area (Å²) in [5.74, 6) is -0.541. The highest BCUT2D eigenvalue weighted by molar-refractivity contribution is 7.89. The average molecular weight is 499 g/mol. The van der Waals surface area contributed by atoms with Crippen molar-refractivity contribution in [1.82, 2.24) is 4.31 Å². The van der Waals surface area contributed by atoms with Crippen molar-refractivity contribution >= 4 is 33.3 Å². The Morgan fingerprint density at radius 1 is 1.18 bits per heavy atom. The number of benzene rings is 2. The van der Waals surface area contributed by atoms with E-state index in [1.54, 1.807) is 0 Å². The Morgan fingerprint density at radius 3 is 2.67 bits per heavy atom. The molecule has 0 bridgehead atoms. The van der Waals surface area contributed by atoms with Gasteiger partial charge in [-0.25, -0.2) is 13.2 Å². The molecule has 0 aromatic heterocycles. The summed E-state index contributed by atoms with van der Waals surface area (Å²) in [6.07, 6.45) is 0. The summed E-state index contributed by atoms with van der Waals surface area (Å²) < 4.78 is 48.1. The van der Waals surface area contributed by atoms with E-state index < -0.39 is 20.9 Å². The second-order valence-corrected chi connectivity index (χ2v) is 9.54. The van der Waals surface area contributed by atoms with Crippen molar-refractivity contribution in [2.75, 3.05) is 33.1 Å². The molecule has 0 N–H and O–H groups in total. The van der Waals surface area contributed by atoms with Crippen LogP contribution >= 0.6 is 11.6 Å². The smallest absolute Gasteiger partial charge is 0.340 e. The molecule has 176 valence electrons. The molecule has 0 radical (unpaired) electrons. The van der Waals surface area contributed by atoms with Crippen LogP contribution in [0.4, 0.5) is 5.69 Å². The van der Waals surface area contributed by atoms with E-state index in [1.165, 1.54) is 28.6 Å². The molecule has 2 aromatic carbocycles. The predicted molar refractivity (Wildman–Crippen MR) is 114 cm³/mol. The lowest BCUT2D eigenvalue weighted by Crippen LogP contribution is -2.40. The number of nitrogens with zero attached hydrogens (tertiary/aromatic N) is 2. The number of hydrogen-bond donors (Lipinski definition) is 0. The Bertz CT molecular complexity index is 1200. The van der Waals surface area contributed by atoms with Gasteiger partial charge >= 0.3 is 5.97 Å². The third-order valence-electron chi connectivity index (χ3n) is 5.11. The van der Waals surface area contributed by atoms with Gasteiger partial charge in [0.1, 0.15) is 12.4 Å². The Balaban J connectivity index is 1.57. The molecule has 2 aliphatic rings. The number of non-ortho nitro benzene ring substituents is 1. The fourth-order valence-corrected chi connectivity index (χ4v) is 5.10. The van der Waals surface area contributed by atoms with Crippen LogP contribution in [0.5, 0.6) is 5.75 Å². The van der Waals surface area contributed by atoms with Crippen LogP contribution in [0.1, 0.15) is 21.5 Å². The van der Waals surface area contributed by atoms with Crippen molar-refractivity contribution in [3.8, 4) is 5.75 Å². The van der Waals surface area contributed by atoms with Gasteiger partial charge in [-0.2, -0.15) is 4.31 Å². The van der Waals surface area contributed by atoms with E-state index >= 15 is 0 Å². The van der Waals surface area contributed by atoms with Crippen LogP contribution in [0.25, 0.3) is 0 Å². The van der Waals surface area contributed by atoms with Crippen molar-refractivity contribution in [2.24, 2.45) is 0 Å². The average Bonchev–Trinajstić information content (AvgIpc) is 2.82. The molecule has 0 aliphatic carbocycles. The van der Waals surface area contributed by atoms with Crippen LogP contribution in [-0.2, 0) is 37.4 Å². The van der Waals surface area contributed by atoms with Gasteiger partial charge in [0.2, 0.25) is 10.0 Å². The molecule has 33 heavy (non-hydrogen) atoms. The lowest BCUT2D eigenvalue weighted by Gasteiger charge is -2.26. The summed E-state index contributed by atoms with van der Waals surface area (Å²) in [7, 11) is -3.85. The maximum Gasteiger partial charge on any atom is 0.340 e. The Kier molecular flexibility index (Phi) is 6.81. The van der Waals surface area contributed by atoms with Gasteiger partial charge in [0, 0.05) is 36.3 Å². The highest BCUT2D eigenvalue weighted by Gasteiger charge is 2.28. The van der Waals surface area contributed by atoms with Crippen LogP contribution in [-0.4, -0.2) is 56.7 Å². The SMILES string of the molecule is O=C(OCc1cc([N+](=O)[O-])cc2c1OCOC2)c1cc(S(=O)(=O)N2CCOCC2)ccc1Cl. The number of morpholine rings is 1. The van der Waals surface area contributed by atoms with E-state index in [0.717, 1.165) is 6.07 Å². The Labute approximate surface area is 193 Å². The van der Waals surface area contributed by atoms with Crippen molar-refractivity contribution in [2.45, 2.75) is 18.1 Å². The number of rotatable bonds is 6. The summed E-state index contributed by atoms with van der Waals surface area (Å²) >= 11 is 6.13. The first-order chi connectivity index (χ1) is 15.8. The summed E-state index contributed by atoms with van der Waals surface area (Å²) in [5.41, 5.74) is 0.391. The molecule has 0 atom stereocenters. The molecule has 13 heteroatoms. The lowest BCUT2D eigenvalue weighted by molar-refractivity contribution is -0.385. The molecule has 0 unspecified atom stereocenters. The third-order valence-corrected chi connectivity index (χ3v) is 7.33. The third kappa shape index (κ3) is 4.94. The first kappa shape index (κ1) is 23.4. The minimum absolute atomic E-state index is 0.00616. The molecule has 2 heterocycles. The van der Waals surface area contributed by atoms with Crippen LogP contribution in [0.2, 0.25) is 5.02 Å². The number of fused-ring (bicyclic) bond motifs is 1. The van der Waals surface area contributed by atoms with Crippen molar-refractivity contribution < 1.29 is 37.1 Å². The predicted octanol–water partition coefficient (Wildman–Crippen LogP) is 2.49. The largest absolute Gasteiger partial charge is 0.467 e. The standard InChI is InChI=1S/C20H19ClN2O9S/c21-18-2-1-16(33(27,28)22-3-5-29-6-4-22)9-17(18)20(24)31-11-14-8-15(23(25)26)7-13-10-30-12-32-19(13)14/h1-2,7-9H,3-6,10-12H2. The Morgan fingerprint density at radius 2 is 1.94 bits per heavy atom. The molecule has 1 saturated heterocycles. The van der Waals surface area contributed by atoms with Crippen LogP contribution in [0, 0.1) is 10.1 Å². The van der Waals surface area contributed by atoms with Gasteiger partial charge in [0.15, 0.2) is 6.79 Å². The molecule has 1 fully saturated rings. The molecule has 11 nitrogen and oxygen atoms in total. The molecular formula is C20H19ClN2O9S. The second kappa shape index (κ2) is 9.61. The number of ether oxygens (including phenoxy) is 4. The van der Waals surface area contributed by atoms with Crippen molar-refractivity contribution in [1.29, 1.82) is 0 Å². The zero-order valence-corrected chi connectivity index (χ0v) is 18.8. The summed E-state index contributed by atoms with van der Waals surface area (Å²) in [5, 5.41) is 11.2. The zero-order valence-electron chi connectivity index (χ0n) is 17.2. The van der Waals surface area contributed by atoms with E-state index in [1.807, 2.05) is 0 Å². The van der Waals surface area contributed by atoms with Gasteiger partial charge < -0.3 is 18.9 Å². The molecule has 0 saturated carbocycles.